The van der Waals surface area contributed by atoms with E-state index in [0.717, 1.165) is 16.9 Å². The molecule has 0 N–H and O–H groups in total. The molecule has 0 spiro atoms. The van der Waals surface area contributed by atoms with Gasteiger partial charge in [0.15, 0.2) is 12.4 Å². The Labute approximate surface area is 215 Å². The summed E-state index contributed by atoms with van der Waals surface area (Å²) in [5, 5.41) is 0. The molecule has 3 aromatic rings. The molecule has 6 atom stereocenters. The minimum atomic E-state index is -0.665. The van der Waals surface area contributed by atoms with E-state index < -0.39 is 36.0 Å². The second kappa shape index (κ2) is 12.0. The second-order valence-electron chi connectivity index (χ2n) is 8.67. The Bertz CT molecular complexity index is 1100. The molecule has 5 rings (SSSR count). The van der Waals surface area contributed by atoms with E-state index in [4.69, 9.17) is 23.7 Å². The predicted octanol–water partition coefficient (Wildman–Crippen LogP) is 5.39. The van der Waals surface area contributed by atoms with Crippen molar-refractivity contribution in [3.05, 3.63) is 108 Å². The summed E-state index contributed by atoms with van der Waals surface area (Å²) < 4.78 is 31.5. The van der Waals surface area contributed by atoms with Gasteiger partial charge in [0.25, 0.3) is 0 Å². The number of benzene rings is 3. The summed E-state index contributed by atoms with van der Waals surface area (Å²) in [6.45, 7) is 2.77. The Morgan fingerprint density at radius 3 is 2.25 bits per heavy atom. The fourth-order valence-electron chi connectivity index (χ4n) is 4.47. The van der Waals surface area contributed by atoms with Crippen LogP contribution in [0.5, 0.6) is 0 Å². The van der Waals surface area contributed by atoms with Gasteiger partial charge >= 0.3 is 5.97 Å². The van der Waals surface area contributed by atoms with Crippen molar-refractivity contribution in [2.75, 3.05) is 12.4 Å². The molecule has 36 heavy (non-hydrogen) atoms. The first-order valence-electron chi connectivity index (χ1n) is 12.2. The second-order valence-corrected chi connectivity index (χ2v) is 10.0. The molecule has 0 saturated carbocycles. The first-order valence-corrected chi connectivity index (χ1v) is 13.3. The molecule has 0 aromatic heterocycles. The summed E-state index contributed by atoms with van der Waals surface area (Å²) in [5.74, 6) is 0.380. The number of hydrogen-bond donors (Lipinski definition) is 0. The van der Waals surface area contributed by atoms with Gasteiger partial charge < -0.3 is 23.7 Å². The van der Waals surface area contributed by atoms with E-state index in [1.807, 2.05) is 78.9 Å². The van der Waals surface area contributed by atoms with Crippen LogP contribution in [0, 0.1) is 0 Å². The first kappa shape index (κ1) is 25.0. The van der Waals surface area contributed by atoms with E-state index >= 15 is 0 Å². The number of carbonyl (C=O) groups excluding carboxylic acids is 1. The van der Waals surface area contributed by atoms with Gasteiger partial charge in [0.1, 0.15) is 23.7 Å². The van der Waals surface area contributed by atoms with E-state index in [0.29, 0.717) is 18.8 Å². The van der Waals surface area contributed by atoms with Crippen LogP contribution in [0.25, 0.3) is 0 Å². The molecule has 2 aliphatic heterocycles. The molecule has 7 heteroatoms. The smallest absolute Gasteiger partial charge is 0.338 e. The molecule has 0 amide bonds. The average molecular weight is 507 g/mol. The zero-order valence-corrected chi connectivity index (χ0v) is 20.9. The maximum Gasteiger partial charge on any atom is 0.338 e. The summed E-state index contributed by atoms with van der Waals surface area (Å²) in [4.78, 5) is 13.1. The van der Waals surface area contributed by atoms with Crippen LogP contribution in [0.2, 0.25) is 0 Å². The van der Waals surface area contributed by atoms with Crippen LogP contribution in [0.4, 0.5) is 0 Å². The Hall–Kier alpha value is -2.68. The van der Waals surface area contributed by atoms with Crippen LogP contribution >= 0.6 is 11.8 Å². The van der Waals surface area contributed by atoms with Gasteiger partial charge in [0.05, 0.1) is 18.8 Å². The monoisotopic (exact) mass is 506 g/mol. The van der Waals surface area contributed by atoms with Crippen LogP contribution in [-0.2, 0) is 30.3 Å². The fraction of sp³-hybridized carbons (Fsp3) is 0.345. The molecule has 0 aliphatic carbocycles. The highest BCUT2D eigenvalue weighted by Gasteiger charge is 2.52. The third-order valence-electron chi connectivity index (χ3n) is 6.22. The number of carbonyl (C=O) groups is 1. The summed E-state index contributed by atoms with van der Waals surface area (Å²) in [6.07, 6.45) is -2.59. The molecule has 6 unspecified atom stereocenters. The summed E-state index contributed by atoms with van der Waals surface area (Å²) in [6, 6.07) is 28.7. The van der Waals surface area contributed by atoms with E-state index in [1.54, 1.807) is 23.9 Å². The van der Waals surface area contributed by atoms with Crippen molar-refractivity contribution in [2.45, 2.75) is 49.7 Å². The van der Waals surface area contributed by atoms with Crippen LogP contribution in [-0.4, -0.2) is 48.2 Å². The average Bonchev–Trinajstić information content (AvgIpc) is 2.94. The largest absolute Gasteiger partial charge is 0.452 e. The molecule has 2 aliphatic rings. The van der Waals surface area contributed by atoms with Gasteiger partial charge in [-0.25, -0.2) is 4.79 Å². The number of rotatable bonds is 8. The molecular formula is C29H30O6S. The number of esters is 1. The van der Waals surface area contributed by atoms with Gasteiger partial charge in [-0.2, -0.15) is 0 Å². The topological polar surface area (TPSA) is 63.2 Å². The molecule has 0 bridgehead atoms. The molecule has 2 fully saturated rings. The van der Waals surface area contributed by atoms with Gasteiger partial charge in [-0.15, -0.1) is 11.8 Å². The lowest BCUT2D eigenvalue weighted by Crippen LogP contribution is -2.62. The molecular weight excluding hydrogens is 476 g/mol. The Balaban J connectivity index is 1.43. The van der Waals surface area contributed by atoms with E-state index in [9.17, 15) is 4.79 Å². The lowest BCUT2D eigenvalue weighted by molar-refractivity contribution is -0.324. The molecule has 2 heterocycles. The van der Waals surface area contributed by atoms with Crippen molar-refractivity contribution in [1.82, 2.24) is 0 Å². The summed E-state index contributed by atoms with van der Waals surface area (Å²) in [7, 11) is 0. The van der Waals surface area contributed by atoms with Gasteiger partial charge in [0, 0.05) is 5.56 Å². The third-order valence-corrected chi connectivity index (χ3v) is 7.27. The van der Waals surface area contributed by atoms with E-state index in [2.05, 4.69) is 6.92 Å². The number of hydrogen-bond acceptors (Lipinski definition) is 7. The molecule has 3 aromatic carbocycles. The third kappa shape index (κ3) is 5.82. The molecule has 188 valence electrons. The summed E-state index contributed by atoms with van der Waals surface area (Å²) >= 11 is 1.59. The lowest BCUT2D eigenvalue weighted by atomic mass is 9.98. The highest BCUT2D eigenvalue weighted by Crippen LogP contribution is 2.39. The van der Waals surface area contributed by atoms with Gasteiger partial charge in [0.2, 0.25) is 0 Å². The number of fused-ring (bicyclic) bond motifs is 1. The van der Waals surface area contributed by atoms with Gasteiger partial charge in [-0.1, -0.05) is 85.8 Å². The van der Waals surface area contributed by atoms with E-state index in [1.165, 1.54) is 0 Å². The maximum atomic E-state index is 13.1. The number of ether oxygens (including phenoxy) is 5. The van der Waals surface area contributed by atoms with Crippen molar-refractivity contribution in [3.63, 3.8) is 0 Å². The van der Waals surface area contributed by atoms with Crippen LogP contribution in [0.15, 0.2) is 91.0 Å². The summed E-state index contributed by atoms with van der Waals surface area (Å²) in [5.41, 5.74) is 2.02. The van der Waals surface area contributed by atoms with Crippen molar-refractivity contribution >= 4 is 17.7 Å². The van der Waals surface area contributed by atoms with Crippen molar-refractivity contribution in [3.8, 4) is 0 Å². The van der Waals surface area contributed by atoms with Crippen molar-refractivity contribution < 1.29 is 28.5 Å². The zero-order chi connectivity index (χ0) is 24.7. The maximum absolute atomic E-state index is 13.1. The standard InChI is InChI=1S/C29H30O6S/c1-2-36-29-26(34-27(30)21-14-8-4-9-15-21)25(31-18-20-12-6-3-7-13-20)24-23(33-29)19-32-28(35-24)22-16-10-5-11-17-22/h3-17,23-26,28-29H,2,18-19H2,1H3. The Morgan fingerprint density at radius 1 is 0.889 bits per heavy atom. The molecule has 0 radical (unpaired) electrons. The molecule has 2 saturated heterocycles. The first-order chi connectivity index (χ1) is 17.7. The van der Waals surface area contributed by atoms with Crippen LogP contribution in [0.1, 0.15) is 34.7 Å². The SMILES string of the molecule is CCSC1OC2COC(c3ccccc3)OC2C(OCc2ccccc2)C1OC(=O)c1ccccc1. The van der Waals surface area contributed by atoms with Crippen molar-refractivity contribution in [1.29, 1.82) is 0 Å². The Kier molecular flexibility index (Phi) is 8.36. The minimum Gasteiger partial charge on any atom is -0.452 e. The fourth-order valence-corrected chi connectivity index (χ4v) is 5.42. The van der Waals surface area contributed by atoms with Gasteiger partial charge in [-0.05, 0) is 23.4 Å². The normalized spacial score (nSPS) is 27.7. The highest BCUT2D eigenvalue weighted by atomic mass is 32.2. The molecule has 6 nitrogen and oxygen atoms in total. The van der Waals surface area contributed by atoms with Crippen LogP contribution < -0.4 is 0 Å². The highest BCUT2D eigenvalue weighted by molar-refractivity contribution is 7.99. The minimum absolute atomic E-state index is 0.346. The quantitative estimate of drug-likeness (QED) is 0.380. The predicted molar refractivity (Wildman–Crippen MR) is 137 cm³/mol. The lowest BCUT2D eigenvalue weighted by Gasteiger charge is -2.48. The van der Waals surface area contributed by atoms with Crippen molar-refractivity contribution in [2.24, 2.45) is 0 Å². The van der Waals surface area contributed by atoms with Crippen LogP contribution in [0.3, 0.4) is 0 Å². The zero-order valence-electron chi connectivity index (χ0n) is 20.1. The van der Waals surface area contributed by atoms with Gasteiger partial charge in [-0.3, -0.25) is 0 Å². The van der Waals surface area contributed by atoms with E-state index in [-0.39, 0.29) is 6.10 Å². The number of thioether (sulfide) groups is 1. The Morgan fingerprint density at radius 2 is 1.56 bits per heavy atom.